The van der Waals surface area contributed by atoms with Gasteiger partial charge in [0.15, 0.2) is 0 Å². The number of rotatable bonds is 8. The third-order valence-corrected chi connectivity index (χ3v) is 4.46. The van der Waals surface area contributed by atoms with E-state index in [0.29, 0.717) is 0 Å². The topological polar surface area (TPSA) is 0 Å². The first kappa shape index (κ1) is 16.0. The minimum Gasteiger partial charge on any atom is -0.0654 e. The maximum atomic E-state index is 2.47. The van der Waals surface area contributed by atoms with Crippen LogP contribution in [0.25, 0.3) is 0 Å². The molecule has 0 fully saturated rings. The van der Waals surface area contributed by atoms with Crippen molar-refractivity contribution in [2.45, 2.75) is 74.1 Å². The van der Waals surface area contributed by atoms with Crippen LogP contribution in [0.2, 0.25) is 0 Å². The Hall–Kier alpha value is 0. The quantitative estimate of drug-likeness (QED) is 0.493. The number of hydrogen-bond acceptors (Lipinski definition) is 0. The van der Waals surface area contributed by atoms with Gasteiger partial charge >= 0.3 is 0 Å². The Morgan fingerprint density at radius 1 is 0.688 bits per heavy atom. The highest BCUT2D eigenvalue weighted by Gasteiger charge is 2.29. The van der Waals surface area contributed by atoms with E-state index >= 15 is 0 Å². The molecule has 0 bridgehead atoms. The van der Waals surface area contributed by atoms with E-state index in [1.54, 1.807) is 0 Å². The predicted octanol–water partition coefficient (Wildman–Crippen LogP) is 5.77. The third kappa shape index (κ3) is 4.89. The molecule has 0 aromatic carbocycles. The minimum absolute atomic E-state index is 0.823. The van der Waals surface area contributed by atoms with Crippen molar-refractivity contribution in [3.05, 3.63) is 0 Å². The number of hydrogen-bond donors (Lipinski definition) is 0. The summed E-state index contributed by atoms with van der Waals surface area (Å²) in [4.78, 5) is 0. The SMILES string of the molecule is CCCC(C)C(C(C)CCC)C(C)C(C)C. The molecule has 0 aliphatic carbocycles. The van der Waals surface area contributed by atoms with E-state index < -0.39 is 0 Å². The van der Waals surface area contributed by atoms with Crippen molar-refractivity contribution in [3.8, 4) is 0 Å². The van der Waals surface area contributed by atoms with Gasteiger partial charge in [0.25, 0.3) is 0 Å². The van der Waals surface area contributed by atoms with Crippen molar-refractivity contribution in [2.24, 2.45) is 29.6 Å². The molecule has 0 saturated carbocycles. The molecule has 0 N–H and O–H groups in total. The first-order valence-corrected chi connectivity index (χ1v) is 7.45. The Bertz CT molecular complexity index is 147. The fraction of sp³-hybridized carbons (Fsp3) is 1.00. The summed E-state index contributed by atoms with van der Waals surface area (Å²) in [5.41, 5.74) is 0. The smallest absolute Gasteiger partial charge is 0.0334 e. The summed E-state index contributed by atoms with van der Waals surface area (Å²) in [5.74, 6) is 4.39. The first-order valence-electron chi connectivity index (χ1n) is 7.45. The second-order valence-electron chi connectivity index (χ2n) is 6.21. The molecule has 0 radical (unpaired) electrons. The monoisotopic (exact) mass is 226 g/mol. The lowest BCUT2D eigenvalue weighted by Crippen LogP contribution is -2.29. The van der Waals surface area contributed by atoms with Gasteiger partial charge in [0.05, 0.1) is 0 Å². The molecule has 0 aromatic rings. The van der Waals surface area contributed by atoms with Gasteiger partial charge in [-0.25, -0.2) is 0 Å². The van der Waals surface area contributed by atoms with Crippen LogP contribution >= 0.6 is 0 Å². The lowest BCUT2D eigenvalue weighted by atomic mass is 9.69. The molecule has 0 heterocycles. The molecular formula is C16H34. The second kappa shape index (κ2) is 8.14. The van der Waals surface area contributed by atoms with Gasteiger partial charge in [-0.15, -0.1) is 0 Å². The zero-order valence-corrected chi connectivity index (χ0v) is 12.7. The molecule has 0 nitrogen and oxygen atoms in total. The van der Waals surface area contributed by atoms with Crippen LogP contribution in [0.1, 0.15) is 74.1 Å². The summed E-state index contributed by atoms with van der Waals surface area (Å²) < 4.78 is 0. The van der Waals surface area contributed by atoms with Gasteiger partial charge in [0.1, 0.15) is 0 Å². The van der Waals surface area contributed by atoms with Crippen molar-refractivity contribution >= 4 is 0 Å². The summed E-state index contributed by atoms with van der Waals surface area (Å²) in [7, 11) is 0. The van der Waals surface area contributed by atoms with E-state index in [-0.39, 0.29) is 0 Å². The minimum atomic E-state index is 0.823. The van der Waals surface area contributed by atoms with Gasteiger partial charge in [-0.2, -0.15) is 0 Å². The van der Waals surface area contributed by atoms with E-state index in [1.807, 2.05) is 0 Å². The van der Waals surface area contributed by atoms with Crippen molar-refractivity contribution < 1.29 is 0 Å². The Morgan fingerprint density at radius 2 is 1.06 bits per heavy atom. The van der Waals surface area contributed by atoms with Gasteiger partial charge in [0.2, 0.25) is 0 Å². The fourth-order valence-electron chi connectivity index (χ4n) is 3.34. The molecule has 3 unspecified atom stereocenters. The highest BCUT2D eigenvalue weighted by Crippen LogP contribution is 2.37. The van der Waals surface area contributed by atoms with Crippen LogP contribution in [0.3, 0.4) is 0 Å². The zero-order chi connectivity index (χ0) is 12.7. The van der Waals surface area contributed by atoms with Crippen LogP contribution in [0.5, 0.6) is 0 Å². The molecule has 0 aliphatic rings. The van der Waals surface area contributed by atoms with Gasteiger partial charge in [-0.3, -0.25) is 0 Å². The molecule has 16 heavy (non-hydrogen) atoms. The standard InChI is InChI=1S/C16H34/c1-8-10-13(5)16(14(6)11-9-2)15(7)12(3)4/h12-16H,8-11H2,1-7H3. The van der Waals surface area contributed by atoms with Crippen molar-refractivity contribution in [1.82, 2.24) is 0 Å². The van der Waals surface area contributed by atoms with Crippen LogP contribution in [0.15, 0.2) is 0 Å². The van der Waals surface area contributed by atoms with Gasteiger partial charge < -0.3 is 0 Å². The van der Waals surface area contributed by atoms with Crippen LogP contribution in [-0.2, 0) is 0 Å². The van der Waals surface area contributed by atoms with E-state index in [2.05, 4.69) is 48.5 Å². The van der Waals surface area contributed by atoms with Crippen molar-refractivity contribution in [3.63, 3.8) is 0 Å². The Morgan fingerprint density at radius 3 is 1.31 bits per heavy atom. The summed E-state index contributed by atoms with van der Waals surface area (Å²) in [5, 5.41) is 0. The molecule has 98 valence electrons. The van der Waals surface area contributed by atoms with Gasteiger partial charge in [-0.05, 0) is 29.6 Å². The molecule has 0 spiro atoms. The summed E-state index contributed by atoms with van der Waals surface area (Å²) in [6.07, 6.45) is 5.47. The maximum absolute atomic E-state index is 2.47. The van der Waals surface area contributed by atoms with E-state index in [1.165, 1.54) is 25.7 Å². The van der Waals surface area contributed by atoms with Crippen molar-refractivity contribution in [2.75, 3.05) is 0 Å². The lowest BCUT2D eigenvalue weighted by molar-refractivity contribution is 0.126. The van der Waals surface area contributed by atoms with Crippen LogP contribution in [0.4, 0.5) is 0 Å². The van der Waals surface area contributed by atoms with E-state index in [0.717, 1.165) is 29.6 Å². The molecule has 0 aromatic heterocycles. The Balaban J connectivity index is 4.60. The Kier molecular flexibility index (Phi) is 8.14. The summed E-state index contributed by atoms with van der Waals surface area (Å²) >= 11 is 0. The predicted molar refractivity (Wildman–Crippen MR) is 75.6 cm³/mol. The lowest BCUT2D eigenvalue weighted by Gasteiger charge is -2.36. The Labute approximate surface area is 104 Å². The second-order valence-corrected chi connectivity index (χ2v) is 6.21. The molecule has 0 saturated heterocycles. The molecular weight excluding hydrogens is 192 g/mol. The molecule has 0 rings (SSSR count). The molecule has 0 heteroatoms. The van der Waals surface area contributed by atoms with Crippen molar-refractivity contribution in [1.29, 1.82) is 0 Å². The van der Waals surface area contributed by atoms with Crippen LogP contribution < -0.4 is 0 Å². The maximum Gasteiger partial charge on any atom is -0.0334 e. The normalized spacial score (nSPS) is 19.5. The third-order valence-electron chi connectivity index (χ3n) is 4.46. The zero-order valence-electron chi connectivity index (χ0n) is 12.7. The molecule has 0 amide bonds. The van der Waals surface area contributed by atoms with E-state index in [9.17, 15) is 0 Å². The van der Waals surface area contributed by atoms with Crippen LogP contribution in [0, 0.1) is 29.6 Å². The highest BCUT2D eigenvalue weighted by atomic mass is 14.3. The highest BCUT2D eigenvalue weighted by molar-refractivity contribution is 4.78. The average molecular weight is 226 g/mol. The van der Waals surface area contributed by atoms with E-state index in [4.69, 9.17) is 0 Å². The van der Waals surface area contributed by atoms with Crippen LogP contribution in [-0.4, -0.2) is 0 Å². The first-order chi connectivity index (χ1) is 7.45. The average Bonchev–Trinajstić information content (AvgIpc) is 2.18. The summed E-state index contributed by atoms with van der Waals surface area (Å²) in [6, 6.07) is 0. The van der Waals surface area contributed by atoms with Gasteiger partial charge in [0, 0.05) is 0 Å². The molecule has 3 atom stereocenters. The fourth-order valence-corrected chi connectivity index (χ4v) is 3.34. The largest absolute Gasteiger partial charge is 0.0654 e. The van der Waals surface area contributed by atoms with Gasteiger partial charge in [-0.1, -0.05) is 74.1 Å². The molecule has 0 aliphatic heterocycles. The summed E-state index contributed by atoms with van der Waals surface area (Å²) in [6.45, 7) is 16.8.